The number of rotatable bonds is 7. The molecule has 0 unspecified atom stereocenters. The maximum Gasteiger partial charge on any atom is 0.336 e. The standard InChI is InChI=1S/C27H27N3O5S/c28-16-23-22(18-5-10-33-11-6-18)15-24(19-1-3-20(4-2-19)30-8-12-34-13-9-30)29-26(23)35-17-25-21(27(31)32)7-14-36-25/h1-4,7,14-15,18H,5-6,8-13,17H2,(H,31,32). The van der Waals surface area contributed by atoms with Gasteiger partial charge < -0.3 is 24.2 Å². The Labute approximate surface area is 213 Å². The van der Waals surface area contributed by atoms with Crippen molar-refractivity contribution in [1.29, 1.82) is 5.26 Å². The third-order valence-corrected chi connectivity index (χ3v) is 7.54. The van der Waals surface area contributed by atoms with Gasteiger partial charge in [0.25, 0.3) is 0 Å². The minimum atomic E-state index is -1.000. The average Bonchev–Trinajstić information content (AvgIpc) is 3.41. The maximum absolute atomic E-state index is 11.5. The summed E-state index contributed by atoms with van der Waals surface area (Å²) in [7, 11) is 0. The monoisotopic (exact) mass is 505 g/mol. The van der Waals surface area contributed by atoms with Gasteiger partial charge >= 0.3 is 5.97 Å². The molecule has 0 saturated carbocycles. The first-order valence-electron chi connectivity index (χ1n) is 12.0. The third kappa shape index (κ3) is 5.21. The second-order valence-corrected chi connectivity index (χ2v) is 9.77. The van der Waals surface area contributed by atoms with E-state index in [2.05, 4.69) is 23.1 Å². The molecule has 1 N–H and O–H groups in total. The molecule has 0 spiro atoms. The van der Waals surface area contributed by atoms with Crippen LogP contribution in [0.2, 0.25) is 0 Å². The van der Waals surface area contributed by atoms with Gasteiger partial charge in [0.1, 0.15) is 18.2 Å². The summed E-state index contributed by atoms with van der Waals surface area (Å²) in [6.45, 7) is 4.50. The number of nitriles is 1. The first-order valence-corrected chi connectivity index (χ1v) is 12.9. The minimum Gasteiger partial charge on any atom is -0.478 e. The number of carboxylic acids is 1. The van der Waals surface area contributed by atoms with Gasteiger partial charge in [-0.2, -0.15) is 5.26 Å². The summed E-state index contributed by atoms with van der Waals surface area (Å²) < 4.78 is 17.0. The number of aromatic carboxylic acids is 1. The Morgan fingerprint density at radius 2 is 1.86 bits per heavy atom. The molecule has 0 bridgehead atoms. The van der Waals surface area contributed by atoms with Gasteiger partial charge in [-0.1, -0.05) is 12.1 Å². The summed E-state index contributed by atoms with van der Waals surface area (Å²) in [5.74, 6) is -0.597. The van der Waals surface area contributed by atoms with Crippen molar-refractivity contribution in [2.75, 3.05) is 44.4 Å². The molecule has 1 aromatic carbocycles. The predicted molar refractivity (Wildman–Crippen MR) is 136 cm³/mol. The Bertz CT molecular complexity index is 1260. The molecular weight excluding hydrogens is 478 g/mol. The van der Waals surface area contributed by atoms with Crippen molar-refractivity contribution in [3.8, 4) is 23.2 Å². The van der Waals surface area contributed by atoms with Gasteiger partial charge in [-0.3, -0.25) is 0 Å². The summed E-state index contributed by atoms with van der Waals surface area (Å²) in [5, 5.41) is 21.2. The number of anilines is 1. The Morgan fingerprint density at radius 1 is 1.14 bits per heavy atom. The molecule has 2 saturated heterocycles. The van der Waals surface area contributed by atoms with Crippen molar-refractivity contribution in [3.05, 3.63) is 63.3 Å². The molecule has 3 aromatic rings. The number of carbonyl (C=O) groups is 1. The topological polar surface area (TPSA) is 105 Å². The highest BCUT2D eigenvalue weighted by Gasteiger charge is 2.25. The van der Waals surface area contributed by atoms with Crippen molar-refractivity contribution in [3.63, 3.8) is 0 Å². The van der Waals surface area contributed by atoms with E-state index in [1.165, 1.54) is 11.3 Å². The number of nitrogens with zero attached hydrogens (tertiary/aromatic N) is 3. The quantitative estimate of drug-likeness (QED) is 0.493. The Hall–Kier alpha value is -3.45. The van der Waals surface area contributed by atoms with Crippen LogP contribution in [0.4, 0.5) is 5.69 Å². The minimum absolute atomic E-state index is 0.0353. The molecule has 0 aliphatic carbocycles. The van der Waals surface area contributed by atoms with Gasteiger partial charge in [-0.05, 0) is 54.0 Å². The lowest BCUT2D eigenvalue weighted by molar-refractivity contribution is 0.0694. The van der Waals surface area contributed by atoms with Gasteiger partial charge in [0.2, 0.25) is 5.88 Å². The number of aromatic nitrogens is 1. The molecule has 2 aromatic heterocycles. The molecule has 4 heterocycles. The number of hydrogen-bond donors (Lipinski definition) is 1. The second kappa shape index (κ2) is 11.1. The van der Waals surface area contributed by atoms with E-state index in [1.54, 1.807) is 11.4 Å². The van der Waals surface area contributed by atoms with Crippen molar-refractivity contribution in [2.24, 2.45) is 0 Å². The summed E-state index contributed by atoms with van der Waals surface area (Å²) in [4.78, 5) is 19.1. The van der Waals surface area contributed by atoms with Gasteiger partial charge in [0.15, 0.2) is 0 Å². The van der Waals surface area contributed by atoms with E-state index in [4.69, 9.17) is 19.2 Å². The average molecular weight is 506 g/mol. The highest BCUT2D eigenvalue weighted by Crippen LogP contribution is 2.36. The lowest BCUT2D eigenvalue weighted by Gasteiger charge is -2.29. The zero-order chi connectivity index (χ0) is 24.9. The fourth-order valence-corrected chi connectivity index (χ4v) is 5.45. The van der Waals surface area contributed by atoms with Crippen molar-refractivity contribution < 1.29 is 24.1 Å². The Morgan fingerprint density at radius 3 is 2.56 bits per heavy atom. The van der Waals surface area contributed by atoms with Crippen LogP contribution < -0.4 is 9.64 Å². The first-order chi connectivity index (χ1) is 17.6. The molecular formula is C27H27N3O5S. The Balaban J connectivity index is 1.49. The molecule has 2 fully saturated rings. The Kier molecular flexibility index (Phi) is 7.47. The summed E-state index contributed by atoms with van der Waals surface area (Å²) in [6.07, 6.45) is 1.64. The summed E-state index contributed by atoms with van der Waals surface area (Å²) >= 11 is 1.31. The van der Waals surface area contributed by atoms with Crippen molar-refractivity contribution in [2.45, 2.75) is 25.4 Å². The molecule has 2 aliphatic rings. The normalized spacial score (nSPS) is 16.5. The molecule has 8 nitrogen and oxygen atoms in total. The van der Waals surface area contributed by atoms with Crippen LogP contribution in [0.25, 0.3) is 11.3 Å². The fourth-order valence-electron chi connectivity index (χ4n) is 4.68. The lowest BCUT2D eigenvalue weighted by atomic mass is 9.88. The maximum atomic E-state index is 11.5. The largest absolute Gasteiger partial charge is 0.478 e. The number of carboxylic acid groups (broad SMARTS) is 1. The number of morpholine rings is 1. The van der Waals surface area contributed by atoms with E-state index in [9.17, 15) is 15.2 Å². The summed E-state index contributed by atoms with van der Waals surface area (Å²) in [6, 6.07) is 14.1. The van der Waals surface area contributed by atoms with Gasteiger partial charge in [-0.15, -0.1) is 11.3 Å². The van der Waals surface area contributed by atoms with Crippen LogP contribution >= 0.6 is 11.3 Å². The number of pyridine rings is 1. The van der Waals surface area contributed by atoms with E-state index in [1.807, 2.05) is 18.2 Å². The predicted octanol–water partition coefficient (Wildman–Crippen LogP) is 4.69. The highest BCUT2D eigenvalue weighted by molar-refractivity contribution is 7.10. The van der Waals surface area contributed by atoms with E-state index in [-0.39, 0.29) is 24.0 Å². The zero-order valence-corrected chi connectivity index (χ0v) is 20.6. The SMILES string of the molecule is N#Cc1c(C2CCOCC2)cc(-c2ccc(N3CCOCC3)cc2)nc1OCc1sccc1C(=O)O. The van der Waals surface area contributed by atoms with Crippen LogP contribution in [0.15, 0.2) is 41.8 Å². The third-order valence-electron chi connectivity index (χ3n) is 6.64. The van der Waals surface area contributed by atoms with Crippen molar-refractivity contribution in [1.82, 2.24) is 4.98 Å². The van der Waals surface area contributed by atoms with Crippen LogP contribution in [0.1, 0.15) is 45.1 Å². The van der Waals surface area contributed by atoms with Gasteiger partial charge in [0, 0.05) is 37.6 Å². The molecule has 5 rings (SSSR count). The molecule has 0 atom stereocenters. The molecule has 9 heteroatoms. The first kappa shape index (κ1) is 24.3. The van der Waals surface area contributed by atoms with E-state index in [0.717, 1.165) is 61.7 Å². The lowest BCUT2D eigenvalue weighted by Crippen LogP contribution is -2.36. The number of benzene rings is 1. The number of thiophene rings is 1. The summed E-state index contributed by atoms with van der Waals surface area (Å²) in [5.41, 5.74) is 4.31. The number of ether oxygens (including phenoxy) is 3. The second-order valence-electron chi connectivity index (χ2n) is 8.77. The van der Waals surface area contributed by atoms with Crippen LogP contribution in [0, 0.1) is 11.3 Å². The van der Waals surface area contributed by atoms with Gasteiger partial charge in [-0.25, -0.2) is 9.78 Å². The fraction of sp³-hybridized carbons (Fsp3) is 0.370. The molecule has 186 valence electrons. The molecule has 2 aliphatic heterocycles. The van der Waals surface area contributed by atoms with Gasteiger partial charge in [0.05, 0.1) is 29.3 Å². The van der Waals surface area contributed by atoms with Crippen LogP contribution in [0.3, 0.4) is 0 Å². The highest BCUT2D eigenvalue weighted by atomic mass is 32.1. The van der Waals surface area contributed by atoms with Crippen molar-refractivity contribution >= 4 is 23.0 Å². The van der Waals surface area contributed by atoms with Crippen LogP contribution in [0.5, 0.6) is 5.88 Å². The molecule has 36 heavy (non-hydrogen) atoms. The van der Waals surface area contributed by atoms with E-state index in [0.29, 0.717) is 23.7 Å². The molecule has 0 radical (unpaired) electrons. The molecule has 0 amide bonds. The van der Waals surface area contributed by atoms with E-state index < -0.39 is 5.97 Å². The smallest absolute Gasteiger partial charge is 0.336 e. The zero-order valence-electron chi connectivity index (χ0n) is 19.8. The van der Waals surface area contributed by atoms with E-state index >= 15 is 0 Å². The van der Waals surface area contributed by atoms with Crippen LogP contribution in [-0.2, 0) is 16.1 Å². The number of hydrogen-bond acceptors (Lipinski definition) is 8. The van der Waals surface area contributed by atoms with Crippen LogP contribution in [-0.4, -0.2) is 55.6 Å².